The Morgan fingerprint density at radius 1 is 1.05 bits per heavy atom. The van der Waals surface area contributed by atoms with E-state index in [0.29, 0.717) is 12.5 Å². The summed E-state index contributed by atoms with van der Waals surface area (Å²) in [5.41, 5.74) is 1.46. The number of hydrogen-bond acceptors (Lipinski definition) is 2. The molecule has 0 aliphatic heterocycles. The van der Waals surface area contributed by atoms with Crippen LogP contribution in [0.15, 0.2) is 30.3 Å². The lowest BCUT2D eigenvalue weighted by Crippen LogP contribution is -2.01. The summed E-state index contributed by atoms with van der Waals surface area (Å²) in [4.78, 5) is 10.2. The van der Waals surface area contributed by atoms with Crippen LogP contribution in [0, 0.1) is 0 Å². The minimum atomic E-state index is -1.17. The Labute approximate surface area is 128 Å². The Balaban J connectivity index is 2.01. The standard InChI is InChI=1S/C18H28O3/c1-2-16(17-13-9-7-10-14-17)12-8-5-3-4-6-11-15-21-18(19)20/h7,9-10,13-14,16H,2-6,8,11-12,15H2,1H3,(H,19,20). The molecule has 0 saturated heterocycles. The van der Waals surface area contributed by atoms with Crippen LogP contribution in [0.25, 0.3) is 0 Å². The molecule has 0 aliphatic rings. The zero-order valence-corrected chi connectivity index (χ0v) is 13.1. The second-order valence-corrected chi connectivity index (χ2v) is 5.54. The highest BCUT2D eigenvalue weighted by molar-refractivity contribution is 5.56. The van der Waals surface area contributed by atoms with Crippen LogP contribution in [0.4, 0.5) is 4.79 Å². The van der Waals surface area contributed by atoms with Crippen LogP contribution in [-0.4, -0.2) is 17.9 Å². The molecule has 0 aliphatic carbocycles. The summed E-state index contributed by atoms with van der Waals surface area (Å²) in [6.45, 7) is 2.60. The van der Waals surface area contributed by atoms with E-state index < -0.39 is 6.16 Å². The molecule has 118 valence electrons. The van der Waals surface area contributed by atoms with Gasteiger partial charge >= 0.3 is 6.16 Å². The summed E-state index contributed by atoms with van der Waals surface area (Å²) in [6.07, 6.45) is 8.16. The summed E-state index contributed by atoms with van der Waals surface area (Å²) in [5.74, 6) is 0.690. The molecule has 0 fully saturated rings. The third-order valence-corrected chi connectivity index (χ3v) is 3.94. The minimum Gasteiger partial charge on any atom is -0.450 e. The molecule has 0 saturated carbocycles. The lowest BCUT2D eigenvalue weighted by Gasteiger charge is -2.15. The van der Waals surface area contributed by atoms with Crippen LogP contribution >= 0.6 is 0 Å². The molecule has 0 radical (unpaired) electrons. The molecule has 1 N–H and O–H groups in total. The van der Waals surface area contributed by atoms with Crippen LogP contribution in [0.5, 0.6) is 0 Å². The van der Waals surface area contributed by atoms with Gasteiger partial charge in [-0.1, -0.05) is 69.4 Å². The molecule has 1 rings (SSSR count). The summed E-state index contributed by atoms with van der Waals surface area (Å²) in [5, 5.41) is 8.33. The zero-order valence-electron chi connectivity index (χ0n) is 13.1. The van der Waals surface area contributed by atoms with Gasteiger partial charge in [0.25, 0.3) is 0 Å². The van der Waals surface area contributed by atoms with E-state index in [9.17, 15) is 4.79 Å². The Morgan fingerprint density at radius 2 is 1.67 bits per heavy atom. The second-order valence-electron chi connectivity index (χ2n) is 5.54. The van der Waals surface area contributed by atoms with E-state index in [1.807, 2.05) is 0 Å². The molecule has 0 spiro atoms. The first kappa shape index (κ1) is 17.5. The maximum absolute atomic E-state index is 10.2. The fourth-order valence-corrected chi connectivity index (χ4v) is 2.69. The first-order valence-corrected chi connectivity index (χ1v) is 8.14. The van der Waals surface area contributed by atoms with E-state index >= 15 is 0 Å². The highest BCUT2D eigenvalue weighted by Crippen LogP contribution is 2.25. The molecule has 0 aromatic heterocycles. The molecule has 21 heavy (non-hydrogen) atoms. The van der Waals surface area contributed by atoms with Crippen molar-refractivity contribution in [2.24, 2.45) is 0 Å². The van der Waals surface area contributed by atoms with Gasteiger partial charge in [0.2, 0.25) is 0 Å². The highest BCUT2D eigenvalue weighted by atomic mass is 16.7. The van der Waals surface area contributed by atoms with E-state index in [4.69, 9.17) is 5.11 Å². The Morgan fingerprint density at radius 3 is 2.29 bits per heavy atom. The number of unbranched alkanes of at least 4 members (excludes halogenated alkanes) is 5. The Bertz CT molecular complexity index is 375. The average Bonchev–Trinajstić information content (AvgIpc) is 2.50. The van der Waals surface area contributed by atoms with Gasteiger partial charge in [-0.2, -0.15) is 0 Å². The second kappa shape index (κ2) is 11.2. The van der Waals surface area contributed by atoms with Crippen LogP contribution in [-0.2, 0) is 4.74 Å². The first-order valence-electron chi connectivity index (χ1n) is 8.14. The first-order chi connectivity index (χ1) is 10.2. The van der Waals surface area contributed by atoms with Gasteiger partial charge in [0, 0.05) is 0 Å². The number of benzene rings is 1. The summed E-state index contributed by atoms with van der Waals surface area (Å²) >= 11 is 0. The molecule has 0 heterocycles. The molecule has 3 nitrogen and oxygen atoms in total. The quantitative estimate of drug-likeness (QED) is 0.426. The fourth-order valence-electron chi connectivity index (χ4n) is 2.69. The van der Waals surface area contributed by atoms with Crippen molar-refractivity contribution in [1.82, 2.24) is 0 Å². The molecule has 3 heteroatoms. The van der Waals surface area contributed by atoms with Gasteiger partial charge in [0.1, 0.15) is 0 Å². The smallest absolute Gasteiger partial charge is 0.450 e. The third kappa shape index (κ3) is 8.38. The number of hydrogen-bond donors (Lipinski definition) is 1. The van der Waals surface area contributed by atoms with Crippen molar-refractivity contribution >= 4 is 6.16 Å². The molecule has 0 bridgehead atoms. The van der Waals surface area contributed by atoms with Gasteiger partial charge < -0.3 is 9.84 Å². The van der Waals surface area contributed by atoms with Gasteiger partial charge in [-0.05, 0) is 30.7 Å². The maximum Gasteiger partial charge on any atom is 0.505 e. The molecule has 1 aromatic carbocycles. The van der Waals surface area contributed by atoms with Gasteiger partial charge in [-0.25, -0.2) is 4.79 Å². The topological polar surface area (TPSA) is 46.5 Å². The van der Waals surface area contributed by atoms with E-state index in [1.165, 1.54) is 44.1 Å². The normalized spacial score (nSPS) is 12.0. The largest absolute Gasteiger partial charge is 0.505 e. The molecule has 1 unspecified atom stereocenters. The van der Waals surface area contributed by atoms with Crippen LogP contribution in [0.1, 0.15) is 69.8 Å². The van der Waals surface area contributed by atoms with Crippen molar-refractivity contribution in [2.45, 2.75) is 64.2 Å². The van der Waals surface area contributed by atoms with Gasteiger partial charge in [0.05, 0.1) is 6.61 Å². The summed E-state index contributed by atoms with van der Waals surface area (Å²) in [7, 11) is 0. The summed E-state index contributed by atoms with van der Waals surface area (Å²) < 4.78 is 4.48. The molecular formula is C18H28O3. The van der Waals surface area contributed by atoms with Crippen molar-refractivity contribution in [2.75, 3.05) is 6.61 Å². The predicted octanol–water partition coefficient (Wildman–Crippen LogP) is 5.61. The van der Waals surface area contributed by atoms with E-state index in [-0.39, 0.29) is 0 Å². The Hall–Kier alpha value is -1.51. The van der Waals surface area contributed by atoms with Crippen LogP contribution in [0.3, 0.4) is 0 Å². The lowest BCUT2D eigenvalue weighted by atomic mass is 9.91. The zero-order chi connectivity index (χ0) is 15.3. The molecular weight excluding hydrogens is 264 g/mol. The number of carboxylic acid groups (broad SMARTS) is 1. The van der Waals surface area contributed by atoms with Crippen molar-refractivity contribution < 1.29 is 14.6 Å². The number of carbonyl (C=O) groups is 1. The van der Waals surface area contributed by atoms with Crippen molar-refractivity contribution in [3.63, 3.8) is 0 Å². The molecule has 1 atom stereocenters. The average molecular weight is 292 g/mol. The lowest BCUT2D eigenvalue weighted by molar-refractivity contribution is 0.0899. The third-order valence-electron chi connectivity index (χ3n) is 3.94. The van der Waals surface area contributed by atoms with Crippen LogP contribution in [0.2, 0.25) is 0 Å². The monoisotopic (exact) mass is 292 g/mol. The van der Waals surface area contributed by atoms with E-state index in [0.717, 1.165) is 12.8 Å². The Kier molecular flexibility index (Phi) is 9.34. The molecule has 0 amide bonds. The van der Waals surface area contributed by atoms with Crippen LogP contribution < -0.4 is 0 Å². The van der Waals surface area contributed by atoms with E-state index in [1.54, 1.807) is 0 Å². The predicted molar refractivity (Wildman–Crippen MR) is 85.8 cm³/mol. The van der Waals surface area contributed by atoms with Crippen molar-refractivity contribution in [3.8, 4) is 0 Å². The van der Waals surface area contributed by atoms with Crippen molar-refractivity contribution in [1.29, 1.82) is 0 Å². The molecule has 1 aromatic rings. The fraction of sp³-hybridized carbons (Fsp3) is 0.611. The maximum atomic E-state index is 10.2. The number of ether oxygens (including phenoxy) is 1. The minimum absolute atomic E-state index is 0.335. The van der Waals surface area contributed by atoms with Crippen molar-refractivity contribution in [3.05, 3.63) is 35.9 Å². The SMILES string of the molecule is CCC(CCCCCCCCOC(=O)O)c1ccccc1. The van der Waals surface area contributed by atoms with Gasteiger partial charge in [0.15, 0.2) is 0 Å². The number of rotatable bonds is 11. The van der Waals surface area contributed by atoms with Gasteiger partial charge in [-0.15, -0.1) is 0 Å². The highest BCUT2D eigenvalue weighted by Gasteiger charge is 2.07. The summed E-state index contributed by atoms with van der Waals surface area (Å²) in [6, 6.07) is 10.8. The van der Waals surface area contributed by atoms with Gasteiger partial charge in [-0.3, -0.25) is 0 Å². The van der Waals surface area contributed by atoms with E-state index in [2.05, 4.69) is 42.0 Å².